The van der Waals surface area contributed by atoms with Gasteiger partial charge in [0.2, 0.25) is 0 Å². The van der Waals surface area contributed by atoms with Gasteiger partial charge in [-0.1, -0.05) is 12.8 Å². The molecule has 0 aliphatic heterocycles. The number of carbonyl (C=O) groups is 2. The number of nitrogens with zero attached hydrogens (tertiary/aromatic N) is 2. The maximum absolute atomic E-state index is 11.3. The van der Waals surface area contributed by atoms with Gasteiger partial charge in [0.1, 0.15) is 0 Å². The van der Waals surface area contributed by atoms with E-state index in [-0.39, 0.29) is 6.04 Å². The summed E-state index contributed by atoms with van der Waals surface area (Å²) in [6.45, 7) is 12.4. The zero-order chi connectivity index (χ0) is 20.5. The minimum absolute atomic E-state index is 0.0795. The Morgan fingerprint density at radius 2 is 1.08 bits per heavy atom. The van der Waals surface area contributed by atoms with Crippen LogP contribution >= 0.6 is 0 Å². The van der Waals surface area contributed by atoms with E-state index in [9.17, 15) is 19.8 Å². The van der Waals surface area contributed by atoms with E-state index < -0.39 is 23.3 Å². The summed E-state index contributed by atoms with van der Waals surface area (Å²) >= 11 is 0. The lowest BCUT2D eigenvalue weighted by molar-refractivity contribution is 0.0982. The molecule has 0 saturated heterocycles. The molecule has 0 radical (unpaired) electrons. The number of rotatable bonds is 10. The molecule has 154 valence electrons. The molecule has 7 nitrogen and oxygen atoms in total. The van der Waals surface area contributed by atoms with Crippen LogP contribution in [0.2, 0.25) is 0 Å². The first-order valence-corrected chi connectivity index (χ1v) is 9.53. The van der Waals surface area contributed by atoms with Crippen molar-refractivity contribution in [2.24, 2.45) is 5.73 Å². The van der Waals surface area contributed by atoms with Gasteiger partial charge >= 0.3 is 12.2 Å². The second-order valence-corrected chi connectivity index (χ2v) is 8.96. The van der Waals surface area contributed by atoms with Gasteiger partial charge in [-0.25, -0.2) is 9.59 Å². The Bertz CT molecular complexity index is 401. The Morgan fingerprint density at radius 1 is 0.769 bits per heavy atom. The van der Waals surface area contributed by atoms with Crippen molar-refractivity contribution in [3.63, 3.8) is 0 Å². The molecule has 0 aliphatic rings. The van der Waals surface area contributed by atoms with Crippen molar-refractivity contribution < 1.29 is 19.8 Å². The number of amides is 2. The lowest BCUT2D eigenvalue weighted by atomic mass is 10.0. The van der Waals surface area contributed by atoms with Crippen molar-refractivity contribution in [2.45, 2.75) is 97.2 Å². The fourth-order valence-electron chi connectivity index (χ4n) is 2.93. The van der Waals surface area contributed by atoms with Gasteiger partial charge in [0.25, 0.3) is 0 Å². The molecule has 0 spiro atoms. The van der Waals surface area contributed by atoms with Gasteiger partial charge in [-0.3, -0.25) is 0 Å². The molecule has 4 N–H and O–H groups in total. The normalized spacial score (nSPS) is 12.3. The van der Waals surface area contributed by atoms with Crippen molar-refractivity contribution in [3.05, 3.63) is 0 Å². The molecule has 0 aliphatic carbocycles. The van der Waals surface area contributed by atoms with E-state index in [0.717, 1.165) is 38.5 Å². The Kier molecular flexibility index (Phi) is 9.99. The van der Waals surface area contributed by atoms with E-state index >= 15 is 0 Å². The molecule has 2 amide bonds. The third-order valence-corrected chi connectivity index (χ3v) is 4.49. The highest BCUT2D eigenvalue weighted by atomic mass is 16.4. The number of carboxylic acid groups (broad SMARTS) is 2. The molecule has 0 aromatic rings. The minimum atomic E-state index is -0.886. The van der Waals surface area contributed by atoms with Crippen LogP contribution in [0, 0.1) is 0 Å². The zero-order valence-electron chi connectivity index (χ0n) is 17.4. The Morgan fingerprint density at radius 3 is 1.31 bits per heavy atom. The van der Waals surface area contributed by atoms with Gasteiger partial charge in [-0.15, -0.1) is 0 Å². The minimum Gasteiger partial charge on any atom is -0.465 e. The SMILES string of the molecule is CC(C)(C)N(CCCCC(N)CCCCN(C(=O)O)C(C)(C)C)C(=O)O. The standard InChI is InChI=1S/C19H39N3O4/c1-18(2,3)21(16(23)24)13-9-7-11-15(20)12-8-10-14-22(17(25)26)19(4,5)6/h15H,7-14,20H2,1-6H3,(H,23,24)(H,25,26). The van der Waals surface area contributed by atoms with Crippen LogP contribution in [0.5, 0.6) is 0 Å². The highest BCUT2D eigenvalue weighted by molar-refractivity contribution is 5.66. The average Bonchev–Trinajstić information content (AvgIpc) is 2.42. The van der Waals surface area contributed by atoms with Crippen LogP contribution in [-0.4, -0.2) is 62.4 Å². The van der Waals surface area contributed by atoms with Crippen LogP contribution in [0.3, 0.4) is 0 Å². The molecule has 0 aromatic carbocycles. The van der Waals surface area contributed by atoms with Gasteiger partial charge in [-0.05, 0) is 67.2 Å². The summed E-state index contributed by atoms with van der Waals surface area (Å²) in [5.41, 5.74) is 5.36. The summed E-state index contributed by atoms with van der Waals surface area (Å²) in [6, 6.07) is 0.0795. The summed E-state index contributed by atoms with van der Waals surface area (Å²) in [7, 11) is 0. The third kappa shape index (κ3) is 9.85. The van der Waals surface area contributed by atoms with Gasteiger partial charge in [0.05, 0.1) is 0 Å². The molecule has 0 unspecified atom stereocenters. The monoisotopic (exact) mass is 373 g/mol. The maximum Gasteiger partial charge on any atom is 0.407 e. The molecule has 0 heterocycles. The molecule has 26 heavy (non-hydrogen) atoms. The van der Waals surface area contributed by atoms with Crippen LogP contribution in [0.25, 0.3) is 0 Å². The smallest absolute Gasteiger partial charge is 0.407 e. The molecular weight excluding hydrogens is 334 g/mol. The second-order valence-electron chi connectivity index (χ2n) is 8.96. The Labute approximate surface area is 158 Å². The van der Waals surface area contributed by atoms with E-state index in [4.69, 9.17) is 5.73 Å². The average molecular weight is 374 g/mol. The molecule has 0 rings (SSSR count). The lowest BCUT2D eigenvalue weighted by Gasteiger charge is -2.33. The molecule has 7 heteroatoms. The third-order valence-electron chi connectivity index (χ3n) is 4.49. The van der Waals surface area contributed by atoms with Gasteiger partial charge < -0.3 is 25.7 Å². The number of hydrogen-bond donors (Lipinski definition) is 3. The van der Waals surface area contributed by atoms with E-state index in [1.54, 1.807) is 0 Å². The maximum atomic E-state index is 11.3. The van der Waals surface area contributed by atoms with Crippen molar-refractivity contribution in [1.29, 1.82) is 0 Å². The largest absolute Gasteiger partial charge is 0.465 e. The van der Waals surface area contributed by atoms with Crippen molar-refractivity contribution in [2.75, 3.05) is 13.1 Å². The van der Waals surface area contributed by atoms with Crippen LogP contribution < -0.4 is 5.73 Å². The highest BCUT2D eigenvalue weighted by Gasteiger charge is 2.26. The predicted molar refractivity (Wildman–Crippen MR) is 105 cm³/mol. The number of nitrogens with two attached hydrogens (primary N) is 1. The van der Waals surface area contributed by atoms with Crippen molar-refractivity contribution in [3.8, 4) is 0 Å². The van der Waals surface area contributed by atoms with E-state index in [1.165, 1.54) is 9.80 Å². The molecule has 0 fully saturated rings. The van der Waals surface area contributed by atoms with E-state index in [0.29, 0.717) is 13.1 Å². The summed E-state index contributed by atoms with van der Waals surface area (Å²) in [5, 5.41) is 18.5. The van der Waals surface area contributed by atoms with E-state index in [1.807, 2.05) is 41.5 Å². The number of unbranched alkanes of at least 4 members (excludes halogenated alkanes) is 2. The first-order valence-electron chi connectivity index (χ1n) is 9.53. The predicted octanol–water partition coefficient (Wildman–Crippen LogP) is 4.21. The van der Waals surface area contributed by atoms with Crippen LogP contribution in [0.1, 0.15) is 80.1 Å². The molecule has 0 aromatic heterocycles. The molecular formula is C19H39N3O4. The fraction of sp³-hybridized carbons (Fsp3) is 0.895. The second kappa shape index (κ2) is 10.6. The fourth-order valence-corrected chi connectivity index (χ4v) is 2.93. The molecule has 0 saturated carbocycles. The summed E-state index contributed by atoms with van der Waals surface area (Å²) in [6.07, 6.45) is 3.34. The Hall–Kier alpha value is -1.50. The van der Waals surface area contributed by atoms with E-state index in [2.05, 4.69) is 0 Å². The summed E-state index contributed by atoms with van der Waals surface area (Å²) < 4.78 is 0. The Balaban J connectivity index is 4.02. The van der Waals surface area contributed by atoms with Gasteiger partial charge in [0.15, 0.2) is 0 Å². The first-order chi connectivity index (χ1) is 11.8. The molecule has 0 atom stereocenters. The first kappa shape index (κ1) is 24.5. The summed E-state index contributed by atoms with van der Waals surface area (Å²) in [4.78, 5) is 25.5. The van der Waals surface area contributed by atoms with Crippen LogP contribution in [0.15, 0.2) is 0 Å². The summed E-state index contributed by atoms with van der Waals surface area (Å²) in [5.74, 6) is 0. The van der Waals surface area contributed by atoms with Crippen LogP contribution in [-0.2, 0) is 0 Å². The molecule has 0 bridgehead atoms. The van der Waals surface area contributed by atoms with Gasteiger partial charge in [-0.2, -0.15) is 0 Å². The van der Waals surface area contributed by atoms with Crippen molar-refractivity contribution in [1.82, 2.24) is 9.80 Å². The highest BCUT2D eigenvalue weighted by Crippen LogP contribution is 2.17. The van der Waals surface area contributed by atoms with Gasteiger partial charge in [0, 0.05) is 30.2 Å². The lowest BCUT2D eigenvalue weighted by Crippen LogP contribution is -2.45. The zero-order valence-corrected chi connectivity index (χ0v) is 17.4. The van der Waals surface area contributed by atoms with Crippen molar-refractivity contribution >= 4 is 12.2 Å². The quantitative estimate of drug-likeness (QED) is 0.497. The number of hydrogen-bond acceptors (Lipinski definition) is 3. The topological polar surface area (TPSA) is 107 Å². The van der Waals surface area contributed by atoms with Crippen LogP contribution in [0.4, 0.5) is 9.59 Å².